The lowest BCUT2D eigenvalue weighted by Gasteiger charge is -2.31. The highest BCUT2D eigenvalue weighted by Crippen LogP contribution is 2.15. The zero-order valence-electron chi connectivity index (χ0n) is 11.1. The van der Waals surface area contributed by atoms with E-state index in [2.05, 4.69) is 0 Å². The van der Waals surface area contributed by atoms with Crippen molar-refractivity contribution in [2.24, 2.45) is 5.73 Å². The molecule has 0 aromatic heterocycles. The van der Waals surface area contributed by atoms with Gasteiger partial charge in [0.15, 0.2) is 0 Å². The zero-order valence-corrected chi connectivity index (χ0v) is 12.1. The van der Waals surface area contributed by atoms with Crippen LogP contribution in [0.5, 0.6) is 0 Å². The van der Waals surface area contributed by atoms with Crippen LogP contribution in [-0.4, -0.2) is 34.3 Å². The molecule has 0 heterocycles. The molecule has 1 aliphatic rings. The molecule has 0 saturated heterocycles. The first kappa shape index (κ1) is 16.1. The van der Waals surface area contributed by atoms with Crippen LogP contribution in [0, 0.1) is 0 Å². The number of hydrogen-bond donors (Lipinski definition) is 1. The molecule has 0 radical (unpaired) electrons. The summed E-state index contributed by atoms with van der Waals surface area (Å²) in [5, 5.41) is 0. The second-order valence-electron chi connectivity index (χ2n) is 3.75. The van der Waals surface area contributed by atoms with Crippen LogP contribution in [0.15, 0.2) is 0 Å². The Kier molecular flexibility index (Phi) is 9.16. The van der Waals surface area contributed by atoms with Gasteiger partial charge >= 0.3 is 8.80 Å². The maximum absolute atomic E-state index is 5.82. The van der Waals surface area contributed by atoms with Gasteiger partial charge in [-0.15, -0.1) is 0 Å². The summed E-state index contributed by atoms with van der Waals surface area (Å²) in [6.07, 6.45) is 4.50. The minimum atomic E-state index is -2.60. The van der Waals surface area contributed by atoms with E-state index in [1.807, 2.05) is 27.7 Å². The van der Waals surface area contributed by atoms with Gasteiger partial charge in [-0.3, -0.25) is 0 Å². The van der Waals surface area contributed by atoms with E-state index in [9.17, 15) is 0 Å². The van der Waals surface area contributed by atoms with Crippen LogP contribution in [0.4, 0.5) is 0 Å². The Bertz CT molecular complexity index is 146. The van der Waals surface area contributed by atoms with Gasteiger partial charge in [-0.05, 0) is 27.7 Å². The van der Waals surface area contributed by atoms with E-state index >= 15 is 0 Å². The van der Waals surface area contributed by atoms with Crippen LogP contribution in [0.25, 0.3) is 0 Å². The summed E-state index contributed by atoms with van der Waals surface area (Å²) in [4.78, 5) is 0. The maximum atomic E-state index is 5.82. The molecular weight excluding hydrogens is 222 g/mol. The third kappa shape index (κ3) is 6.60. The van der Waals surface area contributed by atoms with E-state index in [1.54, 1.807) is 0 Å². The molecule has 0 aromatic carbocycles. The Morgan fingerprint density at radius 1 is 0.938 bits per heavy atom. The summed E-state index contributed by atoms with van der Waals surface area (Å²) in [5.74, 6) is 0. The minimum Gasteiger partial charge on any atom is -0.373 e. The highest BCUT2D eigenvalue weighted by Gasteiger charge is 2.44. The maximum Gasteiger partial charge on any atom is 0.518 e. The van der Waals surface area contributed by atoms with E-state index in [-0.39, 0.29) is 5.67 Å². The summed E-state index contributed by atoms with van der Waals surface area (Å²) < 4.78 is 16.6. The molecule has 1 saturated carbocycles. The van der Waals surface area contributed by atoms with Crippen LogP contribution in [0.1, 0.15) is 47.0 Å². The SMILES string of the molecule is C1CC1.CCO[Si](OCC)(OCC)C(C)N. The first-order valence-corrected chi connectivity index (χ1v) is 8.10. The first-order valence-electron chi connectivity index (χ1n) is 6.30. The molecule has 1 rings (SSSR count). The van der Waals surface area contributed by atoms with Gasteiger partial charge in [0.25, 0.3) is 0 Å². The van der Waals surface area contributed by atoms with Crippen LogP contribution in [0.2, 0.25) is 0 Å². The van der Waals surface area contributed by atoms with Crippen molar-refractivity contribution in [2.75, 3.05) is 19.8 Å². The summed E-state index contributed by atoms with van der Waals surface area (Å²) in [5.41, 5.74) is 5.64. The third-order valence-corrected chi connectivity index (χ3v) is 5.14. The first-order chi connectivity index (χ1) is 7.63. The lowest BCUT2D eigenvalue weighted by Crippen LogP contribution is -2.59. The van der Waals surface area contributed by atoms with E-state index in [1.165, 1.54) is 19.3 Å². The largest absolute Gasteiger partial charge is 0.518 e. The summed E-state index contributed by atoms with van der Waals surface area (Å²) in [6.45, 7) is 9.36. The Balaban J connectivity index is 0.000000635. The second kappa shape index (κ2) is 9.12. The highest BCUT2D eigenvalue weighted by atomic mass is 28.4. The van der Waals surface area contributed by atoms with E-state index in [0.717, 1.165) is 0 Å². The normalized spacial score (nSPS) is 16.3. The number of rotatable bonds is 7. The quantitative estimate of drug-likeness (QED) is 0.702. The van der Waals surface area contributed by atoms with Crippen molar-refractivity contribution in [1.82, 2.24) is 0 Å². The molecule has 5 heteroatoms. The van der Waals surface area contributed by atoms with Gasteiger partial charge in [0.2, 0.25) is 0 Å². The summed E-state index contributed by atoms with van der Waals surface area (Å²) in [7, 11) is -2.60. The molecule has 0 aromatic rings. The molecule has 0 spiro atoms. The molecule has 2 N–H and O–H groups in total. The third-order valence-electron chi connectivity index (χ3n) is 1.95. The van der Waals surface area contributed by atoms with Gasteiger partial charge in [0.05, 0.1) is 5.67 Å². The fraction of sp³-hybridized carbons (Fsp3) is 1.00. The lowest BCUT2D eigenvalue weighted by atomic mass is 10.8. The molecule has 1 fully saturated rings. The van der Waals surface area contributed by atoms with Crippen LogP contribution in [0.3, 0.4) is 0 Å². The van der Waals surface area contributed by atoms with Crippen molar-refractivity contribution in [3.8, 4) is 0 Å². The predicted molar refractivity (Wildman–Crippen MR) is 68.1 cm³/mol. The topological polar surface area (TPSA) is 53.7 Å². The molecule has 4 nitrogen and oxygen atoms in total. The summed E-state index contributed by atoms with van der Waals surface area (Å²) >= 11 is 0. The standard InChI is InChI=1S/C8H21NO3Si.C3H6/c1-5-10-13(8(4)9,11-6-2)12-7-3;1-2-3-1/h8H,5-7,9H2,1-4H3;1-3H2. The van der Waals surface area contributed by atoms with E-state index < -0.39 is 8.80 Å². The molecule has 1 atom stereocenters. The van der Waals surface area contributed by atoms with E-state index in [4.69, 9.17) is 19.0 Å². The van der Waals surface area contributed by atoms with Gasteiger partial charge < -0.3 is 19.0 Å². The Morgan fingerprint density at radius 3 is 1.38 bits per heavy atom. The fourth-order valence-electron chi connectivity index (χ4n) is 1.12. The Labute approximate surface area is 101 Å². The molecule has 0 bridgehead atoms. The zero-order chi connectivity index (χ0) is 12.4. The lowest BCUT2D eigenvalue weighted by molar-refractivity contribution is 0.0640. The minimum absolute atomic E-state index is 0.174. The second-order valence-corrected chi connectivity index (χ2v) is 6.74. The monoisotopic (exact) mass is 249 g/mol. The van der Waals surface area contributed by atoms with Crippen molar-refractivity contribution in [1.29, 1.82) is 0 Å². The molecule has 0 amide bonds. The number of nitrogens with two attached hydrogens (primary N) is 1. The molecule has 1 aliphatic carbocycles. The molecule has 98 valence electrons. The Hall–Kier alpha value is 0.0569. The van der Waals surface area contributed by atoms with Crippen LogP contribution in [-0.2, 0) is 13.3 Å². The van der Waals surface area contributed by atoms with Gasteiger partial charge in [-0.2, -0.15) is 0 Å². The van der Waals surface area contributed by atoms with Crippen LogP contribution >= 0.6 is 0 Å². The van der Waals surface area contributed by atoms with Gasteiger partial charge in [-0.25, -0.2) is 0 Å². The summed E-state index contributed by atoms with van der Waals surface area (Å²) in [6, 6.07) is 0. The fourth-order valence-corrected chi connectivity index (χ4v) is 3.37. The van der Waals surface area contributed by atoms with Gasteiger partial charge in [0, 0.05) is 19.8 Å². The Morgan fingerprint density at radius 2 is 1.25 bits per heavy atom. The predicted octanol–water partition coefficient (Wildman–Crippen LogP) is 2.09. The molecule has 0 aliphatic heterocycles. The van der Waals surface area contributed by atoms with Crippen molar-refractivity contribution in [2.45, 2.75) is 52.6 Å². The molecular formula is C11H27NO3Si. The van der Waals surface area contributed by atoms with E-state index in [0.29, 0.717) is 19.8 Å². The molecule has 16 heavy (non-hydrogen) atoms. The highest BCUT2D eigenvalue weighted by molar-refractivity contribution is 6.62. The van der Waals surface area contributed by atoms with Gasteiger partial charge in [0.1, 0.15) is 0 Å². The van der Waals surface area contributed by atoms with Crippen LogP contribution < -0.4 is 5.73 Å². The van der Waals surface area contributed by atoms with Crippen molar-refractivity contribution < 1.29 is 13.3 Å². The van der Waals surface area contributed by atoms with Crippen molar-refractivity contribution in [3.05, 3.63) is 0 Å². The average molecular weight is 249 g/mol. The van der Waals surface area contributed by atoms with Crippen molar-refractivity contribution in [3.63, 3.8) is 0 Å². The number of hydrogen-bond acceptors (Lipinski definition) is 4. The smallest absolute Gasteiger partial charge is 0.373 e. The molecule has 1 unspecified atom stereocenters. The van der Waals surface area contributed by atoms with Gasteiger partial charge in [-0.1, -0.05) is 19.3 Å². The average Bonchev–Trinajstić information content (AvgIpc) is 3.05. The van der Waals surface area contributed by atoms with Crippen molar-refractivity contribution >= 4 is 8.80 Å².